The molecular weight excluding hydrogens is 352 g/mol. The van der Waals surface area contributed by atoms with Crippen LogP contribution in [0.4, 0.5) is 5.69 Å². The highest BCUT2D eigenvalue weighted by atomic mass is 32.2. The van der Waals surface area contributed by atoms with Crippen molar-refractivity contribution < 1.29 is 17.7 Å². The fourth-order valence-corrected chi connectivity index (χ4v) is 4.12. The molecule has 0 saturated carbocycles. The molecule has 0 aliphatic heterocycles. The van der Waals surface area contributed by atoms with Gasteiger partial charge in [-0.1, -0.05) is 23.4 Å². The van der Waals surface area contributed by atoms with Crippen molar-refractivity contribution in [2.24, 2.45) is 0 Å². The van der Waals surface area contributed by atoms with Crippen molar-refractivity contribution in [1.29, 1.82) is 0 Å². The Bertz CT molecular complexity index is 1020. The minimum Gasteiger partial charge on any atom is -0.495 e. The molecule has 6 nitrogen and oxygen atoms in total. The van der Waals surface area contributed by atoms with E-state index in [2.05, 4.69) is 9.88 Å². The van der Waals surface area contributed by atoms with Crippen LogP contribution in [-0.2, 0) is 10.0 Å². The maximum Gasteiger partial charge on any atom is 0.265 e. The number of aryl methyl sites for hydroxylation is 3. The molecule has 0 saturated heterocycles. The van der Waals surface area contributed by atoms with Crippen LogP contribution in [-0.4, -0.2) is 20.7 Å². The van der Waals surface area contributed by atoms with Gasteiger partial charge in [-0.15, -0.1) is 0 Å². The summed E-state index contributed by atoms with van der Waals surface area (Å²) >= 11 is 0. The normalized spacial score (nSPS) is 11.4. The number of sulfonamides is 1. The van der Waals surface area contributed by atoms with Crippen LogP contribution >= 0.6 is 0 Å². The van der Waals surface area contributed by atoms with Crippen LogP contribution in [0.5, 0.6) is 5.75 Å². The summed E-state index contributed by atoms with van der Waals surface area (Å²) in [6, 6.07) is 12.1. The Morgan fingerprint density at radius 3 is 2.31 bits per heavy atom. The average Bonchev–Trinajstić information content (AvgIpc) is 2.94. The van der Waals surface area contributed by atoms with Gasteiger partial charge in [-0.2, -0.15) is 0 Å². The fourth-order valence-electron chi connectivity index (χ4n) is 2.80. The number of nitrogens with zero attached hydrogens (tertiary/aromatic N) is 1. The summed E-state index contributed by atoms with van der Waals surface area (Å²) in [5.74, 6) is 1.02. The average molecular weight is 372 g/mol. The maximum absolute atomic E-state index is 12.7. The zero-order chi connectivity index (χ0) is 18.9. The van der Waals surface area contributed by atoms with Crippen LogP contribution in [0.3, 0.4) is 0 Å². The van der Waals surface area contributed by atoms with Crippen molar-refractivity contribution in [3.05, 3.63) is 59.5 Å². The van der Waals surface area contributed by atoms with Crippen LogP contribution in [0.15, 0.2) is 51.9 Å². The number of rotatable bonds is 5. The lowest BCUT2D eigenvalue weighted by Crippen LogP contribution is -2.14. The predicted octanol–water partition coefficient (Wildman–Crippen LogP) is 4.08. The van der Waals surface area contributed by atoms with Crippen LogP contribution in [0, 0.1) is 20.8 Å². The van der Waals surface area contributed by atoms with Gasteiger partial charge in [0.05, 0.1) is 12.8 Å². The lowest BCUT2D eigenvalue weighted by molar-refractivity contribution is 0.393. The van der Waals surface area contributed by atoms with Crippen LogP contribution in [0.2, 0.25) is 0 Å². The van der Waals surface area contributed by atoms with E-state index in [9.17, 15) is 8.42 Å². The molecule has 136 valence electrons. The highest BCUT2D eigenvalue weighted by molar-refractivity contribution is 7.92. The number of ether oxygens (including phenoxy) is 1. The molecule has 1 N–H and O–H groups in total. The van der Waals surface area contributed by atoms with Gasteiger partial charge in [0, 0.05) is 11.3 Å². The van der Waals surface area contributed by atoms with E-state index in [4.69, 9.17) is 9.26 Å². The predicted molar refractivity (Wildman–Crippen MR) is 100.0 cm³/mol. The summed E-state index contributed by atoms with van der Waals surface area (Å²) in [5, 5.41) is 3.94. The van der Waals surface area contributed by atoms with E-state index in [0.717, 1.165) is 28.1 Å². The lowest BCUT2D eigenvalue weighted by atomic mass is 10.0. The van der Waals surface area contributed by atoms with E-state index in [1.807, 2.05) is 32.9 Å². The Labute approximate surface area is 152 Å². The van der Waals surface area contributed by atoms with Gasteiger partial charge >= 0.3 is 0 Å². The first-order chi connectivity index (χ1) is 12.3. The summed E-state index contributed by atoms with van der Waals surface area (Å²) < 4.78 is 38.4. The molecule has 1 aromatic heterocycles. The molecule has 3 rings (SSSR count). The third-order valence-corrected chi connectivity index (χ3v) is 5.47. The number of anilines is 1. The topological polar surface area (TPSA) is 81.4 Å². The molecule has 1 heterocycles. The monoisotopic (exact) mass is 372 g/mol. The van der Waals surface area contributed by atoms with Gasteiger partial charge in [-0.3, -0.25) is 4.72 Å². The lowest BCUT2D eigenvalue weighted by Gasteiger charge is -2.12. The van der Waals surface area contributed by atoms with E-state index < -0.39 is 10.0 Å². The molecular formula is C19H20N2O4S. The van der Waals surface area contributed by atoms with E-state index in [0.29, 0.717) is 11.4 Å². The Kier molecular flexibility index (Phi) is 4.73. The van der Waals surface area contributed by atoms with Crippen molar-refractivity contribution in [2.75, 3.05) is 11.8 Å². The van der Waals surface area contributed by atoms with Crippen molar-refractivity contribution in [2.45, 2.75) is 25.7 Å². The third-order valence-electron chi connectivity index (χ3n) is 4.07. The van der Waals surface area contributed by atoms with Gasteiger partial charge in [0.2, 0.25) is 0 Å². The minimum atomic E-state index is -3.77. The molecule has 26 heavy (non-hydrogen) atoms. The van der Waals surface area contributed by atoms with Crippen molar-refractivity contribution in [3.63, 3.8) is 0 Å². The Morgan fingerprint density at radius 2 is 1.73 bits per heavy atom. The molecule has 2 aromatic carbocycles. The maximum atomic E-state index is 12.7. The molecule has 0 bridgehead atoms. The Balaban J connectivity index is 1.91. The van der Waals surface area contributed by atoms with Crippen molar-refractivity contribution in [3.8, 4) is 16.9 Å². The molecule has 0 unspecified atom stereocenters. The largest absolute Gasteiger partial charge is 0.495 e. The van der Waals surface area contributed by atoms with Gasteiger partial charge in [0.1, 0.15) is 16.4 Å². The first kappa shape index (κ1) is 18.0. The molecule has 7 heteroatoms. The first-order valence-corrected chi connectivity index (χ1v) is 9.51. The molecule has 0 fully saturated rings. The minimum absolute atomic E-state index is 0.106. The summed E-state index contributed by atoms with van der Waals surface area (Å²) in [5.41, 5.74) is 3.92. The zero-order valence-electron chi connectivity index (χ0n) is 15.0. The molecule has 3 aromatic rings. The van der Waals surface area contributed by atoms with Gasteiger partial charge in [0.25, 0.3) is 10.0 Å². The standard InChI is InChI=1S/C19H20N2O4S/c1-12-5-10-17(24-4)18(11-12)26(22,23)21-16-8-6-15(7-9-16)19-13(2)20-25-14(19)3/h5-11,21H,1-4H3. The highest BCUT2D eigenvalue weighted by Gasteiger charge is 2.20. The van der Waals surface area contributed by atoms with Crippen molar-refractivity contribution >= 4 is 15.7 Å². The smallest absolute Gasteiger partial charge is 0.265 e. The highest BCUT2D eigenvalue weighted by Crippen LogP contribution is 2.30. The van der Waals surface area contributed by atoms with Crippen LogP contribution in [0.25, 0.3) is 11.1 Å². The number of hydrogen-bond donors (Lipinski definition) is 1. The summed E-state index contributed by atoms with van der Waals surface area (Å²) in [4.78, 5) is 0.106. The van der Waals surface area contributed by atoms with Gasteiger partial charge in [0.15, 0.2) is 0 Å². The van der Waals surface area contributed by atoms with E-state index in [-0.39, 0.29) is 4.90 Å². The first-order valence-electron chi connectivity index (χ1n) is 8.02. The summed E-state index contributed by atoms with van der Waals surface area (Å²) in [6.07, 6.45) is 0. The van der Waals surface area contributed by atoms with Gasteiger partial charge in [-0.25, -0.2) is 8.42 Å². The van der Waals surface area contributed by atoms with E-state index in [1.54, 1.807) is 30.3 Å². The molecule has 0 spiro atoms. The second kappa shape index (κ2) is 6.84. The van der Waals surface area contributed by atoms with E-state index in [1.165, 1.54) is 7.11 Å². The number of aromatic nitrogens is 1. The Morgan fingerprint density at radius 1 is 1.04 bits per heavy atom. The zero-order valence-corrected chi connectivity index (χ0v) is 15.8. The number of nitrogens with one attached hydrogen (secondary N) is 1. The summed E-state index contributed by atoms with van der Waals surface area (Å²) in [7, 11) is -2.32. The molecule has 0 amide bonds. The Hall–Kier alpha value is -2.80. The van der Waals surface area contributed by atoms with Crippen molar-refractivity contribution in [1.82, 2.24) is 5.16 Å². The summed E-state index contributed by atoms with van der Waals surface area (Å²) in [6.45, 7) is 5.54. The second-order valence-electron chi connectivity index (χ2n) is 6.04. The van der Waals surface area contributed by atoms with Gasteiger partial charge in [-0.05, 0) is 56.2 Å². The quantitative estimate of drug-likeness (QED) is 0.730. The number of benzene rings is 2. The molecule has 0 aliphatic carbocycles. The second-order valence-corrected chi connectivity index (χ2v) is 7.69. The number of methoxy groups -OCH3 is 1. The third kappa shape index (κ3) is 3.43. The SMILES string of the molecule is COc1ccc(C)cc1S(=O)(=O)Nc1ccc(-c2c(C)noc2C)cc1. The van der Waals surface area contributed by atoms with Gasteiger partial charge < -0.3 is 9.26 Å². The molecule has 0 atom stereocenters. The molecule has 0 radical (unpaired) electrons. The fraction of sp³-hybridized carbons (Fsp3) is 0.211. The van der Waals surface area contributed by atoms with E-state index >= 15 is 0 Å². The van der Waals surface area contributed by atoms with Crippen LogP contribution < -0.4 is 9.46 Å². The number of hydrogen-bond acceptors (Lipinski definition) is 5. The van der Waals surface area contributed by atoms with Crippen LogP contribution in [0.1, 0.15) is 17.0 Å². The molecule has 0 aliphatic rings.